The number of amides is 1. The molecule has 3 heteroatoms. The number of nitrogens with one attached hydrogen (secondary N) is 1. The predicted molar refractivity (Wildman–Crippen MR) is 92.6 cm³/mol. The average molecular weight is 304 g/mol. The number of nitrogens with zero attached hydrogens (tertiary/aromatic N) is 1. The van der Waals surface area contributed by atoms with E-state index in [1.165, 1.54) is 5.56 Å². The summed E-state index contributed by atoms with van der Waals surface area (Å²) in [5.41, 5.74) is 3.37. The molecule has 0 saturated carbocycles. The molecule has 116 valence electrons. The van der Waals surface area contributed by atoms with E-state index in [2.05, 4.69) is 12.2 Å². The van der Waals surface area contributed by atoms with E-state index in [0.717, 1.165) is 24.0 Å². The standard InChI is InChI=1S/C20H20N2O/c1-2-16-8-10-18(11-9-16)14-19(15-21)20(23)22-13-12-17-6-4-3-5-7-17/h3-11,14H,2,12-13H2,1H3,(H,22,23)/b19-14+. The van der Waals surface area contributed by atoms with Gasteiger partial charge in [0.1, 0.15) is 11.6 Å². The topological polar surface area (TPSA) is 52.9 Å². The summed E-state index contributed by atoms with van der Waals surface area (Å²) in [5, 5.41) is 12.0. The van der Waals surface area contributed by atoms with Crippen molar-refractivity contribution < 1.29 is 4.79 Å². The molecule has 0 aliphatic heterocycles. The van der Waals surface area contributed by atoms with Gasteiger partial charge in [-0.05, 0) is 35.6 Å². The molecule has 1 N–H and O–H groups in total. The molecule has 0 radical (unpaired) electrons. The highest BCUT2D eigenvalue weighted by atomic mass is 16.1. The molecule has 0 atom stereocenters. The van der Waals surface area contributed by atoms with Crippen LogP contribution in [-0.4, -0.2) is 12.5 Å². The summed E-state index contributed by atoms with van der Waals surface area (Å²) >= 11 is 0. The summed E-state index contributed by atoms with van der Waals surface area (Å²) in [6.07, 6.45) is 3.34. The van der Waals surface area contributed by atoms with Gasteiger partial charge in [0, 0.05) is 6.54 Å². The molecule has 0 bridgehead atoms. The van der Waals surface area contributed by atoms with Gasteiger partial charge in [0.15, 0.2) is 0 Å². The zero-order valence-corrected chi connectivity index (χ0v) is 13.3. The number of aryl methyl sites for hydroxylation is 1. The van der Waals surface area contributed by atoms with Gasteiger partial charge in [-0.3, -0.25) is 4.79 Å². The lowest BCUT2D eigenvalue weighted by Gasteiger charge is -2.05. The second kappa shape index (κ2) is 8.55. The van der Waals surface area contributed by atoms with Crippen LogP contribution in [0.5, 0.6) is 0 Å². The molecule has 2 aromatic carbocycles. The average Bonchev–Trinajstić information content (AvgIpc) is 2.61. The fourth-order valence-electron chi connectivity index (χ4n) is 2.23. The zero-order valence-electron chi connectivity index (χ0n) is 13.3. The lowest BCUT2D eigenvalue weighted by molar-refractivity contribution is -0.117. The van der Waals surface area contributed by atoms with E-state index in [1.807, 2.05) is 60.7 Å². The Morgan fingerprint density at radius 2 is 1.78 bits per heavy atom. The van der Waals surface area contributed by atoms with Crippen LogP contribution in [0.15, 0.2) is 60.2 Å². The summed E-state index contributed by atoms with van der Waals surface area (Å²) in [4.78, 5) is 12.1. The van der Waals surface area contributed by atoms with Crippen molar-refractivity contribution in [2.24, 2.45) is 0 Å². The number of hydrogen-bond acceptors (Lipinski definition) is 2. The molecule has 0 aliphatic carbocycles. The molecule has 0 saturated heterocycles. The maximum atomic E-state index is 12.1. The van der Waals surface area contributed by atoms with E-state index < -0.39 is 0 Å². The smallest absolute Gasteiger partial charge is 0.261 e. The van der Waals surface area contributed by atoms with Gasteiger partial charge in [-0.25, -0.2) is 0 Å². The second-order valence-electron chi connectivity index (χ2n) is 5.26. The normalized spacial score (nSPS) is 10.9. The lowest BCUT2D eigenvalue weighted by atomic mass is 10.1. The SMILES string of the molecule is CCc1ccc(/C=C(\C#N)C(=O)NCCc2ccccc2)cc1. The Bertz CT molecular complexity index is 710. The molecule has 0 aromatic heterocycles. The highest BCUT2D eigenvalue weighted by Crippen LogP contribution is 2.09. The van der Waals surface area contributed by atoms with Crippen LogP contribution in [0.2, 0.25) is 0 Å². The molecule has 0 heterocycles. The summed E-state index contributed by atoms with van der Waals surface area (Å²) < 4.78 is 0. The number of rotatable bonds is 6. The Kier molecular flexibility index (Phi) is 6.14. The van der Waals surface area contributed by atoms with Gasteiger partial charge in [0.25, 0.3) is 5.91 Å². The number of hydrogen-bond donors (Lipinski definition) is 1. The lowest BCUT2D eigenvalue weighted by Crippen LogP contribution is -2.26. The number of carbonyl (C=O) groups excluding carboxylic acids is 1. The van der Waals surface area contributed by atoms with Gasteiger partial charge in [-0.15, -0.1) is 0 Å². The van der Waals surface area contributed by atoms with Crippen molar-refractivity contribution in [2.45, 2.75) is 19.8 Å². The van der Waals surface area contributed by atoms with Crippen molar-refractivity contribution in [3.05, 3.63) is 76.9 Å². The van der Waals surface area contributed by atoms with Crippen LogP contribution >= 0.6 is 0 Å². The van der Waals surface area contributed by atoms with E-state index in [9.17, 15) is 10.1 Å². The highest BCUT2D eigenvalue weighted by Gasteiger charge is 2.08. The highest BCUT2D eigenvalue weighted by molar-refractivity contribution is 6.01. The molecular weight excluding hydrogens is 284 g/mol. The first-order chi connectivity index (χ1) is 11.2. The number of carbonyl (C=O) groups is 1. The third-order valence-corrected chi connectivity index (χ3v) is 3.61. The van der Waals surface area contributed by atoms with E-state index in [1.54, 1.807) is 6.08 Å². The van der Waals surface area contributed by atoms with Crippen molar-refractivity contribution in [1.29, 1.82) is 5.26 Å². The van der Waals surface area contributed by atoms with Gasteiger partial charge in [-0.1, -0.05) is 61.5 Å². The van der Waals surface area contributed by atoms with Crippen LogP contribution < -0.4 is 5.32 Å². The summed E-state index contributed by atoms with van der Waals surface area (Å²) in [6.45, 7) is 2.60. The third-order valence-electron chi connectivity index (χ3n) is 3.61. The Labute approximate surface area is 137 Å². The Balaban J connectivity index is 1.95. The van der Waals surface area contributed by atoms with Crippen molar-refractivity contribution in [2.75, 3.05) is 6.54 Å². The summed E-state index contributed by atoms with van der Waals surface area (Å²) in [7, 11) is 0. The fourth-order valence-corrected chi connectivity index (χ4v) is 2.23. The molecule has 0 unspecified atom stereocenters. The number of benzene rings is 2. The van der Waals surface area contributed by atoms with Gasteiger partial charge >= 0.3 is 0 Å². The molecule has 2 aromatic rings. The minimum absolute atomic E-state index is 0.127. The van der Waals surface area contributed by atoms with E-state index in [4.69, 9.17) is 0 Å². The Hall–Kier alpha value is -2.86. The van der Waals surface area contributed by atoms with Crippen molar-refractivity contribution in [1.82, 2.24) is 5.32 Å². The first-order valence-electron chi connectivity index (χ1n) is 7.75. The summed E-state index contributed by atoms with van der Waals surface area (Å²) in [6, 6.07) is 19.8. The van der Waals surface area contributed by atoms with Crippen molar-refractivity contribution >= 4 is 12.0 Å². The first-order valence-corrected chi connectivity index (χ1v) is 7.75. The van der Waals surface area contributed by atoms with Crippen molar-refractivity contribution in [3.63, 3.8) is 0 Å². The molecule has 2 rings (SSSR count). The largest absolute Gasteiger partial charge is 0.351 e. The monoisotopic (exact) mass is 304 g/mol. The zero-order chi connectivity index (χ0) is 16.5. The molecule has 0 aliphatic rings. The van der Waals surface area contributed by atoms with Crippen LogP contribution in [0.25, 0.3) is 6.08 Å². The van der Waals surface area contributed by atoms with Crippen LogP contribution in [-0.2, 0) is 17.6 Å². The van der Waals surface area contributed by atoms with Gasteiger partial charge < -0.3 is 5.32 Å². The van der Waals surface area contributed by atoms with Gasteiger partial charge in [-0.2, -0.15) is 5.26 Å². The fraction of sp³-hybridized carbons (Fsp3) is 0.200. The second-order valence-corrected chi connectivity index (χ2v) is 5.26. The van der Waals surface area contributed by atoms with Crippen LogP contribution in [0, 0.1) is 11.3 Å². The van der Waals surface area contributed by atoms with Crippen LogP contribution in [0.3, 0.4) is 0 Å². The Morgan fingerprint density at radius 1 is 1.09 bits per heavy atom. The number of nitriles is 1. The molecular formula is C20H20N2O. The first kappa shape index (κ1) is 16.5. The maximum absolute atomic E-state index is 12.1. The Morgan fingerprint density at radius 3 is 2.39 bits per heavy atom. The molecule has 0 spiro atoms. The molecule has 1 amide bonds. The molecule has 23 heavy (non-hydrogen) atoms. The van der Waals surface area contributed by atoms with Gasteiger partial charge in [0.2, 0.25) is 0 Å². The van der Waals surface area contributed by atoms with Gasteiger partial charge in [0.05, 0.1) is 0 Å². The quantitative estimate of drug-likeness (QED) is 0.656. The third kappa shape index (κ3) is 5.12. The van der Waals surface area contributed by atoms with E-state index >= 15 is 0 Å². The predicted octanol–water partition coefficient (Wildman–Crippen LogP) is 3.51. The maximum Gasteiger partial charge on any atom is 0.261 e. The van der Waals surface area contributed by atoms with Crippen LogP contribution in [0.1, 0.15) is 23.6 Å². The van der Waals surface area contributed by atoms with E-state index in [-0.39, 0.29) is 11.5 Å². The minimum Gasteiger partial charge on any atom is -0.351 e. The van der Waals surface area contributed by atoms with Crippen molar-refractivity contribution in [3.8, 4) is 6.07 Å². The summed E-state index contributed by atoms with van der Waals surface area (Å²) in [5.74, 6) is -0.331. The molecule has 3 nitrogen and oxygen atoms in total. The van der Waals surface area contributed by atoms with Crippen LogP contribution in [0.4, 0.5) is 0 Å². The molecule has 0 fully saturated rings. The van der Waals surface area contributed by atoms with E-state index in [0.29, 0.717) is 6.54 Å². The minimum atomic E-state index is -0.331.